The van der Waals surface area contributed by atoms with Crippen molar-refractivity contribution < 1.29 is 0 Å². The molecule has 1 fully saturated rings. The number of rotatable bonds is 5. The first kappa shape index (κ1) is 18.8. The number of aromatic nitrogens is 2. The molecule has 1 aliphatic heterocycles. The highest BCUT2D eigenvalue weighted by molar-refractivity contribution is 7.14. The molecule has 0 atom stereocenters. The molecule has 0 unspecified atom stereocenters. The second kappa shape index (κ2) is 8.65. The van der Waals surface area contributed by atoms with Gasteiger partial charge < -0.3 is 19.9 Å². The average Bonchev–Trinajstić information content (AvgIpc) is 3.38. The van der Waals surface area contributed by atoms with Crippen molar-refractivity contribution in [3.63, 3.8) is 0 Å². The molecular weight excluding hydrogens is 368 g/mol. The highest BCUT2D eigenvalue weighted by atomic mass is 32.1. The summed E-state index contributed by atoms with van der Waals surface area (Å²) < 4.78 is 2.10. The fourth-order valence-electron chi connectivity index (χ4n) is 3.72. The van der Waals surface area contributed by atoms with Gasteiger partial charge in [-0.15, -0.1) is 11.3 Å². The molecule has 4 rings (SSSR count). The monoisotopic (exact) mass is 396 g/mol. The molecule has 0 saturated carbocycles. The third kappa shape index (κ3) is 4.30. The molecule has 0 spiro atoms. The predicted octanol–water partition coefficient (Wildman–Crippen LogP) is 3.08. The lowest BCUT2D eigenvalue weighted by atomic mass is 10.1. The number of anilines is 1. The second-order valence-corrected chi connectivity index (χ2v) is 8.19. The summed E-state index contributed by atoms with van der Waals surface area (Å²) in [6.07, 6.45) is 7.29. The van der Waals surface area contributed by atoms with E-state index in [0.29, 0.717) is 6.04 Å². The van der Waals surface area contributed by atoms with Gasteiger partial charge in [-0.05, 0) is 48.9 Å². The van der Waals surface area contributed by atoms with Gasteiger partial charge in [-0.2, -0.15) is 0 Å². The SMILES string of the molecule is CN=C(NCCc1cn2cccc(C)c2n1)NC1CCN(c2cccs2)CC1. The van der Waals surface area contributed by atoms with Crippen LogP contribution in [-0.2, 0) is 6.42 Å². The lowest BCUT2D eigenvalue weighted by Gasteiger charge is -2.33. The number of guanidine groups is 1. The van der Waals surface area contributed by atoms with Gasteiger partial charge >= 0.3 is 0 Å². The zero-order chi connectivity index (χ0) is 19.3. The number of thiophene rings is 1. The maximum atomic E-state index is 4.74. The van der Waals surface area contributed by atoms with Crippen LogP contribution >= 0.6 is 11.3 Å². The molecular formula is C21H28N6S. The van der Waals surface area contributed by atoms with Gasteiger partial charge in [0.15, 0.2) is 5.96 Å². The van der Waals surface area contributed by atoms with Crippen LogP contribution in [0.5, 0.6) is 0 Å². The molecule has 4 heterocycles. The Balaban J connectivity index is 1.24. The minimum absolute atomic E-state index is 0.472. The molecule has 28 heavy (non-hydrogen) atoms. The third-order valence-electron chi connectivity index (χ3n) is 5.28. The van der Waals surface area contributed by atoms with E-state index in [1.54, 1.807) is 0 Å². The van der Waals surface area contributed by atoms with Crippen molar-refractivity contribution in [2.75, 3.05) is 31.6 Å². The number of imidazole rings is 1. The Hall–Kier alpha value is -2.54. The smallest absolute Gasteiger partial charge is 0.191 e. The quantitative estimate of drug-likeness (QED) is 0.514. The molecule has 0 radical (unpaired) electrons. The van der Waals surface area contributed by atoms with E-state index in [2.05, 4.69) is 73.9 Å². The van der Waals surface area contributed by atoms with Crippen LogP contribution in [0, 0.1) is 6.92 Å². The van der Waals surface area contributed by atoms with Gasteiger partial charge in [0, 0.05) is 51.5 Å². The van der Waals surface area contributed by atoms with E-state index in [9.17, 15) is 0 Å². The molecule has 2 N–H and O–H groups in total. The summed E-state index contributed by atoms with van der Waals surface area (Å²) >= 11 is 1.82. The highest BCUT2D eigenvalue weighted by Gasteiger charge is 2.20. The summed E-state index contributed by atoms with van der Waals surface area (Å²) in [4.78, 5) is 11.6. The van der Waals surface area contributed by atoms with E-state index >= 15 is 0 Å². The van der Waals surface area contributed by atoms with Crippen molar-refractivity contribution in [3.8, 4) is 0 Å². The normalized spacial score (nSPS) is 15.9. The van der Waals surface area contributed by atoms with E-state index in [-0.39, 0.29) is 0 Å². The standard InChI is InChI=1S/C21H28N6S/c1-16-5-3-11-27-15-18(24-20(16)27)7-10-23-21(22-2)25-17-8-12-26(13-9-17)19-6-4-14-28-19/h3-6,11,14-15,17H,7-10,12-13H2,1-2H3,(H2,22,23,25). The third-order valence-corrected chi connectivity index (χ3v) is 6.21. The number of hydrogen-bond donors (Lipinski definition) is 2. The van der Waals surface area contributed by atoms with Crippen molar-refractivity contribution in [2.45, 2.75) is 32.2 Å². The Kier molecular flexibility index (Phi) is 5.81. The van der Waals surface area contributed by atoms with Gasteiger partial charge in [-0.3, -0.25) is 4.99 Å². The first-order chi connectivity index (χ1) is 13.7. The molecule has 6 nitrogen and oxygen atoms in total. The van der Waals surface area contributed by atoms with Gasteiger partial charge in [-0.1, -0.05) is 6.07 Å². The zero-order valence-electron chi connectivity index (χ0n) is 16.6. The van der Waals surface area contributed by atoms with Crippen LogP contribution in [0.2, 0.25) is 0 Å². The first-order valence-corrected chi connectivity index (χ1v) is 10.8. The Morgan fingerprint density at radius 2 is 2.14 bits per heavy atom. The van der Waals surface area contributed by atoms with Gasteiger partial charge in [0.25, 0.3) is 0 Å². The van der Waals surface area contributed by atoms with Crippen LogP contribution in [0.25, 0.3) is 5.65 Å². The molecule has 0 bridgehead atoms. The van der Waals surface area contributed by atoms with Gasteiger partial charge in [0.1, 0.15) is 5.65 Å². The Bertz CT molecular complexity index is 922. The molecule has 1 aliphatic rings. The molecule has 0 aromatic carbocycles. The first-order valence-electron chi connectivity index (χ1n) is 9.92. The van der Waals surface area contributed by atoms with Crippen LogP contribution in [-0.4, -0.2) is 48.1 Å². The van der Waals surface area contributed by atoms with E-state index in [1.165, 1.54) is 10.6 Å². The van der Waals surface area contributed by atoms with Gasteiger partial charge in [0.05, 0.1) is 10.7 Å². The number of aryl methyl sites for hydroxylation is 1. The number of nitrogens with one attached hydrogen (secondary N) is 2. The Morgan fingerprint density at radius 3 is 2.86 bits per heavy atom. The van der Waals surface area contributed by atoms with Crippen LogP contribution in [0.1, 0.15) is 24.1 Å². The summed E-state index contributed by atoms with van der Waals surface area (Å²) in [6, 6.07) is 8.96. The minimum Gasteiger partial charge on any atom is -0.363 e. The van der Waals surface area contributed by atoms with Crippen molar-refractivity contribution in [1.82, 2.24) is 20.0 Å². The van der Waals surface area contributed by atoms with Gasteiger partial charge in [0.2, 0.25) is 0 Å². The largest absolute Gasteiger partial charge is 0.363 e. The van der Waals surface area contributed by atoms with Crippen molar-refractivity contribution in [3.05, 3.63) is 53.3 Å². The highest BCUT2D eigenvalue weighted by Crippen LogP contribution is 2.24. The summed E-state index contributed by atoms with van der Waals surface area (Å²) in [5.41, 5.74) is 3.34. The molecule has 3 aromatic heterocycles. The van der Waals surface area contributed by atoms with Crippen LogP contribution < -0.4 is 15.5 Å². The minimum atomic E-state index is 0.472. The fraction of sp³-hybridized carbons (Fsp3) is 0.429. The molecule has 3 aromatic rings. The summed E-state index contributed by atoms with van der Waals surface area (Å²) in [5, 5.41) is 10.6. The van der Waals surface area contributed by atoms with Crippen LogP contribution in [0.4, 0.5) is 5.00 Å². The van der Waals surface area contributed by atoms with Crippen LogP contribution in [0.15, 0.2) is 47.0 Å². The predicted molar refractivity (Wildman–Crippen MR) is 118 cm³/mol. The fourth-order valence-corrected chi connectivity index (χ4v) is 4.50. The van der Waals surface area contributed by atoms with Crippen molar-refractivity contribution >= 4 is 27.9 Å². The molecule has 1 saturated heterocycles. The van der Waals surface area contributed by atoms with E-state index < -0.39 is 0 Å². The number of hydrogen-bond acceptors (Lipinski definition) is 4. The van der Waals surface area contributed by atoms with E-state index in [1.807, 2.05) is 18.4 Å². The molecule has 148 valence electrons. The van der Waals surface area contributed by atoms with E-state index in [0.717, 1.165) is 56.2 Å². The molecule has 7 heteroatoms. The topological polar surface area (TPSA) is 57.0 Å². The Morgan fingerprint density at radius 1 is 1.29 bits per heavy atom. The Labute approximate surface area is 170 Å². The number of fused-ring (bicyclic) bond motifs is 1. The lowest BCUT2D eigenvalue weighted by molar-refractivity contribution is 0.463. The molecule has 0 aliphatic carbocycles. The van der Waals surface area contributed by atoms with Gasteiger partial charge in [-0.25, -0.2) is 4.98 Å². The average molecular weight is 397 g/mol. The van der Waals surface area contributed by atoms with Crippen LogP contribution in [0.3, 0.4) is 0 Å². The second-order valence-electron chi connectivity index (χ2n) is 7.26. The maximum Gasteiger partial charge on any atom is 0.191 e. The number of aliphatic imine (C=N–C) groups is 1. The summed E-state index contributed by atoms with van der Waals surface area (Å²) in [5.74, 6) is 0.884. The van der Waals surface area contributed by atoms with Crippen molar-refractivity contribution in [2.24, 2.45) is 4.99 Å². The number of nitrogens with zero attached hydrogens (tertiary/aromatic N) is 4. The number of piperidine rings is 1. The number of pyridine rings is 1. The van der Waals surface area contributed by atoms with E-state index in [4.69, 9.17) is 4.98 Å². The van der Waals surface area contributed by atoms with Crippen molar-refractivity contribution in [1.29, 1.82) is 0 Å². The maximum absolute atomic E-state index is 4.74. The summed E-state index contributed by atoms with van der Waals surface area (Å²) in [7, 11) is 1.84. The summed E-state index contributed by atoms with van der Waals surface area (Å²) in [6.45, 7) is 5.10. The lowest BCUT2D eigenvalue weighted by Crippen LogP contribution is -2.49. The molecule has 0 amide bonds. The zero-order valence-corrected chi connectivity index (χ0v) is 17.4.